The smallest absolute Gasteiger partial charge is 0.232 e. The number of halogens is 1. The molecule has 0 saturated carbocycles. The monoisotopic (exact) mass is 415 g/mol. The van der Waals surface area contributed by atoms with Crippen LogP contribution in [0.5, 0.6) is 5.75 Å². The third kappa shape index (κ3) is 4.51. The van der Waals surface area contributed by atoms with Gasteiger partial charge in [-0.2, -0.15) is 0 Å². The van der Waals surface area contributed by atoms with Gasteiger partial charge in [-0.1, -0.05) is 37.6 Å². The standard InChI is InChI=1S/C21H22ClN3O4/c1-11(2)20(27)24-16-8-7-12(9-15(16)22)23-21(28)14-10-18(26)25-19-13(14)5-4-6-17(19)29-3/h4-9,11,14H,10H2,1-3H3,(H,23,28)(H,24,27)(H,25,26). The van der Waals surface area contributed by atoms with Gasteiger partial charge < -0.3 is 20.7 Å². The van der Waals surface area contributed by atoms with Gasteiger partial charge in [-0.15, -0.1) is 0 Å². The van der Waals surface area contributed by atoms with E-state index in [9.17, 15) is 14.4 Å². The quantitative estimate of drug-likeness (QED) is 0.687. The van der Waals surface area contributed by atoms with Crippen LogP contribution in [0.2, 0.25) is 5.02 Å². The van der Waals surface area contributed by atoms with E-state index in [1.54, 1.807) is 50.2 Å². The van der Waals surface area contributed by atoms with Crippen molar-refractivity contribution in [3.8, 4) is 5.75 Å². The Morgan fingerprint density at radius 1 is 1.21 bits per heavy atom. The summed E-state index contributed by atoms with van der Waals surface area (Å²) in [4.78, 5) is 36.8. The summed E-state index contributed by atoms with van der Waals surface area (Å²) < 4.78 is 5.29. The molecule has 2 aromatic rings. The number of nitrogens with one attached hydrogen (secondary N) is 3. The van der Waals surface area contributed by atoms with Gasteiger partial charge in [0.2, 0.25) is 17.7 Å². The number of carbonyl (C=O) groups excluding carboxylic acids is 3. The molecule has 0 spiro atoms. The lowest BCUT2D eigenvalue weighted by atomic mass is 9.89. The van der Waals surface area contributed by atoms with Crippen molar-refractivity contribution in [3.63, 3.8) is 0 Å². The van der Waals surface area contributed by atoms with Crippen molar-refractivity contribution >= 4 is 46.4 Å². The number of carbonyl (C=O) groups is 3. The molecule has 3 amide bonds. The van der Waals surface area contributed by atoms with Crippen LogP contribution >= 0.6 is 11.6 Å². The van der Waals surface area contributed by atoms with Crippen molar-refractivity contribution in [1.29, 1.82) is 0 Å². The van der Waals surface area contributed by atoms with Crippen LogP contribution in [0.1, 0.15) is 31.7 Å². The van der Waals surface area contributed by atoms with E-state index in [0.717, 1.165) is 0 Å². The zero-order chi connectivity index (χ0) is 21.1. The lowest BCUT2D eigenvalue weighted by Crippen LogP contribution is -2.31. The first kappa shape index (κ1) is 20.7. The third-order valence-corrected chi connectivity index (χ3v) is 4.96. The number of para-hydroxylation sites is 1. The third-order valence-electron chi connectivity index (χ3n) is 4.64. The van der Waals surface area contributed by atoms with E-state index in [2.05, 4.69) is 16.0 Å². The van der Waals surface area contributed by atoms with E-state index < -0.39 is 5.92 Å². The molecule has 1 atom stereocenters. The molecule has 1 heterocycles. The van der Waals surface area contributed by atoms with E-state index in [0.29, 0.717) is 33.4 Å². The zero-order valence-electron chi connectivity index (χ0n) is 16.3. The van der Waals surface area contributed by atoms with Gasteiger partial charge in [0.15, 0.2) is 0 Å². The number of benzene rings is 2. The lowest BCUT2D eigenvalue weighted by Gasteiger charge is -2.26. The van der Waals surface area contributed by atoms with E-state index >= 15 is 0 Å². The highest BCUT2D eigenvalue weighted by atomic mass is 35.5. The molecule has 3 rings (SSSR count). The zero-order valence-corrected chi connectivity index (χ0v) is 17.1. The Balaban J connectivity index is 1.80. The number of ether oxygens (including phenoxy) is 1. The minimum atomic E-state index is -0.659. The number of fused-ring (bicyclic) bond motifs is 1. The molecule has 0 radical (unpaired) electrons. The number of anilines is 3. The fourth-order valence-electron chi connectivity index (χ4n) is 3.06. The maximum Gasteiger partial charge on any atom is 0.232 e. The largest absolute Gasteiger partial charge is 0.495 e. The van der Waals surface area contributed by atoms with Crippen molar-refractivity contribution < 1.29 is 19.1 Å². The van der Waals surface area contributed by atoms with Crippen molar-refractivity contribution in [2.45, 2.75) is 26.2 Å². The lowest BCUT2D eigenvalue weighted by molar-refractivity contribution is -0.123. The van der Waals surface area contributed by atoms with Crippen LogP contribution in [-0.4, -0.2) is 24.8 Å². The molecule has 8 heteroatoms. The number of methoxy groups -OCH3 is 1. The van der Waals surface area contributed by atoms with Gasteiger partial charge in [0.1, 0.15) is 5.75 Å². The summed E-state index contributed by atoms with van der Waals surface area (Å²) in [5.74, 6) is -1.08. The molecule has 7 nitrogen and oxygen atoms in total. The number of hydrogen-bond acceptors (Lipinski definition) is 4. The van der Waals surface area contributed by atoms with Crippen molar-refractivity contribution in [2.75, 3.05) is 23.1 Å². The minimum Gasteiger partial charge on any atom is -0.495 e. The molecule has 0 bridgehead atoms. The van der Waals surface area contributed by atoms with Crippen molar-refractivity contribution in [1.82, 2.24) is 0 Å². The summed E-state index contributed by atoms with van der Waals surface area (Å²) in [7, 11) is 1.51. The highest BCUT2D eigenvalue weighted by molar-refractivity contribution is 6.34. The molecule has 0 fully saturated rings. The summed E-state index contributed by atoms with van der Waals surface area (Å²) in [5.41, 5.74) is 2.14. The SMILES string of the molecule is COc1cccc2c1NC(=O)CC2C(=O)Nc1ccc(NC(=O)C(C)C)c(Cl)c1. The number of amides is 3. The Hall–Kier alpha value is -3.06. The molecule has 29 heavy (non-hydrogen) atoms. The molecular weight excluding hydrogens is 394 g/mol. The maximum absolute atomic E-state index is 12.9. The first-order chi connectivity index (χ1) is 13.8. The topological polar surface area (TPSA) is 96.5 Å². The predicted octanol–water partition coefficient (Wildman–Crippen LogP) is 4.01. The fourth-order valence-corrected chi connectivity index (χ4v) is 3.29. The normalized spacial score (nSPS) is 15.3. The highest BCUT2D eigenvalue weighted by Crippen LogP contribution is 2.39. The maximum atomic E-state index is 12.9. The van der Waals surface area contributed by atoms with Crippen LogP contribution in [-0.2, 0) is 14.4 Å². The van der Waals surface area contributed by atoms with Crippen LogP contribution in [0.15, 0.2) is 36.4 Å². The Morgan fingerprint density at radius 3 is 2.62 bits per heavy atom. The van der Waals surface area contributed by atoms with Gasteiger partial charge in [-0.3, -0.25) is 14.4 Å². The van der Waals surface area contributed by atoms with Gasteiger partial charge in [0.05, 0.1) is 29.4 Å². The molecule has 152 valence electrons. The summed E-state index contributed by atoms with van der Waals surface area (Å²) in [6, 6.07) is 10.1. The Kier molecular flexibility index (Phi) is 6.08. The van der Waals surface area contributed by atoms with Crippen LogP contribution in [0.3, 0.4) is 0 Å². The van der Waals surface area contributed by atoms with Gasteiger partial charge >= 0.3 is 0 Å². The highest BCUT2D eigenvalue weighted by Gasteiger charge is 2.32. The van der Waals surface area contributed by atoms with Gasteiger partial charge in [-0.25, -0.2) is 0 Å². The number of rotatable bonds is 5. The second kappa shape index (κ2) is 8.53. The molecule has 0 aliphatic carbocycles. The summed E-state index contributed by atoms with van der Waals surface area (Å²) in [6.45, 7) is 3.57. The van der Waals surface area contributed by atoms with E-state index in [-0.39, 0.29) is 30.1 Å². The molecule has 0 saturated heterocycles. The Morgan fingerprint density at radius 2 is 1.97 bits per heavy atom. The van der Waals surface area contributed by atoms with E-state index in [1.165, 1.54) is 7.11 Å². The van der Waals surface area contributed by atoms with Crippen molar-refractivity contribution in [2.24, 2.45) is 5.92 Å². The predicted molar refractivity (Wildman–Crippen MR) is 113 cm³/mol. The molecule has 0 aromatic heterocycles. The minimum absolute atomic E-state index is 0.0300. The van der Waals surface area contributed by atoms with Crippen LogP contribution in [0, 0.1) is 5.92 Å². The van der Waals surface area contributed by atoms with Gasteiger partial charge in [0, 0.05) is 18.0 Å². The first-order valence-corrected chi connectivity index (χ1v) is 9.56. The average Bonchev–Trinajstić information content (AvgIpc) is 2.68. The molecule has 1 unspecified atom stereocenters. The van der Waals surface area contributed by atoms with Crippen molar-refractivity contribution in [3.05, 3.63) is 47.0 Å². The Bertz CT molecular complexity index is 974. The van der Waals surface area contributed by atoms with Gasteiger partial charge in [0.25, 0.3) is 0 Å². The van der Waals surface area contributed by atoms with Crippen LogP contribution in [0.25, 0.3) is 0 Å². The average molecular weight is 416 g/mol. The second-order valence-electron chi connectivity index (χ2n) is 7.06. The van der Waals surface area contributed by atoms with E-state index in [4.69, 9.17) is 16.3 Å². The van der Waals surface area contributed by atoms with E-state index in [1.807, 2.05) is 0 Å². The summed E-state index contributed by atoms with van der Waals surface area (Å²) in [6.07, 6.45) is 0.0300. The second-order valence-corrected chi connectivity index (χ2v) is 7.46. The van der Waals surface area contributed by atoms with Crippen LogP contribution < -0.4 is 20.7 Å². The fraction of sp³-hybridized carbons (Fsp3) is 0.286. The molecule has 2 aromatic carbocycles. The van der Waals surface area contributed by atoms with Gasteiger partial charge in [-0.05, 0) is 29.8 Å². The summed E-state index contributed by atoms with van der Waals surface area (Å²) in [5, 5.41) is 8.60. The number of hydrogen-bond donors (Lipinski definition) is 3. The molecule has 3 N–H and O–H groups in total. The first-order valence-electron chi connectivity index (χ1n) is 9.18. The molecule has 1 aliphatic rings. The molecule has 1 aliphatic heterocycles. The van der Waals surface area contributed by atoms with Crippen LogP contribution in [0.4, 0.5) is 17.1 Å². The molecular formula is C21H22ClN3O4. The summed E-state index contributed by atoms with van der Waals surface area (Å²) >= 11 is 6.24. The Labute approximate surface area is 173 Å².